The summed E-state index contributed by atoms with van der Waals surface area (Å²) in [4.78, 5) is 23.4. The van der Waals surface area contributed by atoms with Crippen molar-refractivity contribution in [2.24, 2.45) is 0 Å². The predicted octanol–water partition coefficient (Wildman–Crippen LogP) is 4.82. The minimum Gasteiger partial charge on any atom is -0.372 e. The van der Waals surface area contributed by atoms with Crippen LogP contribution in [-0.4, -0.2) is 39.4 Å². The molecule has 1 saturated heterocycles. The molecule has 2 aromatic carbocycles. The Balaban J connectivity index is 1.52. The number of nitrogens with one attached hydrogen (secondary N) is 3. The lowest BCUT2D eigenvalue weighted by molar-refractivity contribution is -0.111. The van der Waals surface area contributed by atoms with Crippen molar-refractivity contribution in [3.8, 4) is 0 Å². The van der Waals surface area contributed by atoms with Crippen LogP contribution in [0.1, 0.15) is 19.3 Å². The van der Waals surface area contributed by atoms with Gasteiger partial charge in [0.05, 0.1) is 21.9 Å². The normalized spacial score (nSPS) is 14.2. The third-order valence-electron chi connectivity index (χ3n) is 5.49. The van der Waals surface area contributed by atoms with Crippen molar-refractivity contribution in [1.82, 2.24) is 9.97 Å². The van der Waals surface area contributed by atoms with Crippen molar-refractivity contribution < 1.29 is 9.00 Å². The van der Waals surface area contributed by atoms with Crippen LogP contribution in [0.5, 0.6) is 0 Å². The number of nitrogens with zero attached hydrogens (tertiary/aromatic N) is 3. The lowest BCUT2D eigenvalue weighted by Gasteiger charge is -2.28. The van der Waals surface area contributed by atoms with E-state index in [1.54, 1.807) is 30.7 Å². The molecule has 8 nitrogen and oxygen atoms in total. The summed E-state index contributed by atoms with van der Waals surface area (Å²) in [5.41, 5.74) is 3.37. The van der Waals surface area contributed by atoms with E-state index in [1.165, 1.54) is 31.0 Å². The summed E-state index contributed by atoms with van der Waals surface area (Å²) in [5.74, 6) is 0.515. The van der Waals surface area contributed by atoms with E-state index in [9.17, 15) is 9.00 Å². The van der Waals surface area contributed by atoms with E-state index in [1.807, 2.05) is 18.2 Å². The first-order valence-electron chi connectivity index (χ1n) is 11.1. The van der Waals surface area contributed by atoms with Gasteiger partial charge in [-0.05, 0) is 67.8 Å². The van der Waals surface area contributed by atoms with Crippen molar-refractivity contribution in [3.63, 3.8) is 0 Å². The molecule has 0 aliphatic carbocycles. The third-order valence-corrected chi connectivity index (χ3v) is 6.41. The highest BCUT2D eigenvalue weighted by molar-refractivity contribution is 7.84. The average Bonchev–Trinajstić information content (AvgIpc) is 2.85. The summed E-state index contributed by atoms with van der Waals surface area (Å²) in [7, 11) is -1.29. The molecule has 3 N–H and O–H groups in total. The van der Waals surface area contributed by atoms with Crippen LogP contribution in [0, 0.1) is 0 Å². The summed E-state index contributed by atoms with van der Waals surface area (Å²) in [6.45, 7) is 5.66. The van der Waals surface area contributed by atoms with E-state index in [-0.39, 0.29) is 5.91 Å². The summed E-state index contributed by atoms with van der Waals surface area (Å²) in [6, 6.07) is 15.4. The number of carbonyl (C=O) groups is 1. The van der Waals surface area contributed by atoms with Crippen LogP contribution in [0.2, 0.25) is 0 Å². The van der Waals surface area contributed by atoms with E-state index in [2.05, 4.69) is 49.5 Å². The molecular formula is C25H28N6O2S. The van der Waals surface area contributed by atoms with E-state index in [4.69, 9.17) is 0 Å². The van der Waals surface area contributed by atoms with E-state index in [0.29, 0.717) is 28.0 Å². The van der Waals surface area contributed by atoms with Crippen LogP contribution >= 0.6 is 0 Å². The molecule has 0 radical (unpaired) electrons. The number of benzene rings is 2. The van der Waals surface area contributed by atoms with Crippen LogP contribution in [0.4, 0.5) is 34.5 Å². The first kappa shape index (κ1) is 23.4. The van der Waals surface area contributed by atoms with Gasteiger partial charge in [-0.2, -0.15) is 4.98 Å². The van der Waals surface area contributed by atoms with Crippen molar-refractivity contribution in [2.75, 3.05) is 40.2 Å². The van der Waals surface area contributed by atoms with Crippen LogP contribution in [0.15, 0.2) is 72.3 Å². The standard InChI is InChI=1S/C25H28N6O2S/c1-3-23(32)27-19-8-7-9-20(16-19)28-24-22(34(2)33)17-26-25(30-24)29-18-10-12-21(13-11-18)31-14-5-4-6-15-31/h3,7-13,16-17H,1,4-6,14-15H2,2H3,(H,27,32)(H2,26,28,29,30). The quantitative estimate of drug-likeness (QED) is 0.401. The molecule has 1 unspecified atom stereocenters. The topological polar surface area (TPSA) is 99.2 Å². The van der Waals surface area contributed by atoms with Crippen LogP contribution < -0.4 is 20.9 Å². The minimum atomic E-state index is -1.29. The Morgan fingerprint density at radius 1 is 1.03 bits per heavy atom. The average molecular weight is 477 g/mol. The van der Waals surface area contributed by atoms with Gasteiger partial charge in [-0.3, -0.25) is 9.00 Å². The van der Waals surface area contributed by atoms with Crippen molar-refractivity contribution >= 4 is 51.2 Å². The zero-order valence-corrected chi connectivity index (χ0v) is 19.9. The molecule has 0 bridgehead atoms. The van der Waals surface area contributed by atoms with Crippen LogP contribution in [0.25, 0.3) is 0 Å². The van der Waals surface area contributed by atoms with Crippen LogP contribution in [0.3, 0.4) is 0 Å². The third kappa shape index (κ3) is 5.99. The maximum Gasteiger partial charge on any atom is 0.247 e. The molecule has 34 heavy (non-hydrogen) atoms. The zero-order chi connectivity index (χ0) is 23.9. The molecule has 2 heterocycles. The molecule has 1 aliphatic heterocycles. The van der Waals surface area contributed by atoms with Gasteiger partial charge in [0.15, 0.2) is 5.82 Å². The highest BCUT2D eigenvalue weighted by atomic mass is 32.2. The molecule has 176 valence electrons. The molecule has 9 heteroatoms. The first-order valence-corrected chi connectivity index (χ1v) is 12.7. The van der Waals surface area contributed by atoms with Gasteiger partial charge in [0, 0.05) is 42.1 Å². The van der Waals surface area contributed by atoms with Gasteiger partial charge in [0.25, 0.3) is 0 Å². The number of hydrogen-bond acceptors (Lipinski definition) is 7. The fourth-order valence-corrected chi connectivity index (χ4v) is 4.34. The number of piperidine rings is 1. The molecule has 0 saturated carbocycles. The van der Waals surface area contributed by atoms with Crippen molar-refractivity contribution in [2.45, 2.75) is 24.2 Å². The molecule has 0 spiro atoms. The molecule has 1 atom stereocenters. The Kier molecular flexibility index (Phi) is 7.54. The number of rotatable bonds is 8. The number of hydrogen-bond donors (Lipinski definition) is 3. The highest BCUT2D eigenvalue weighted by Crippen LogP contribution is 2.26. The SMILES string of the molecule is C=CC(=O)Nc1cccc(Nc2nc(Nc3ccc(N4CCCCC4)cc3)ncc2S(C)=O)c1. The van der Waals surface area contributed by atoms with Crippen LogP contribution in [-0.2, 0) is 15.6 Å². The van der Waals surface area contributed by atoms with Gasteiger partial charge in [0.1, 0.15) is 0 Å². The number of aromatic nitrogens is 2. The molecule has 4 rings (SSSR count). The monoisotopic (exact) mass is 476 g/mol. The Morgan fingerprint density at radius 2 is 1.76 bits per heavy atom. The maximum atomic E-state index is 12.3. The minimum absolute atomic E-state index is 0.299. The van der Waals surface area contributed by atoms with E-state index in [0.717, 1.165) is 18.8 Å². The first-order chi connectivity index (χ1) is 16.5. The second-order valence-electron chi connectivity index (χ2n) is 7.98. The Hall–Kier alpha value is -3.72. The number of amides is 1. The van der Waals surface area contributed by atoms with E-state index < -0.39 is 10.8 Å². The lowest BCUT2D eigenvalue weighted by atomic mass is 10.1. The molecule has 3 aromatic rings. The van der Waals surface area contributed by atoms with Gasteiger partial charge in [0.2, 0.25) is 11.9 Å². The summed E-state index contributed by atoms with van der Waals surface area (Å²) >= 11 is 0. The molecule has 1 aliphatic rings. The Morgan fingerprint density at radius 3 is 2.47 bits per heavy atom. The smallest absolute Gasteiger partial charge is 0.247 e. The molecule has 1 aromatic heterocycles. The van der Waals surface area contributed by atoms with Gasteiger partial charge in [-0.15, -0.1) is 0 Å². The number of carbonyl (C=O) groups excluding carboxylic acids is 1. The van der Waals surface area contributed by atoms with Gasteiger partial charge >= 0.3 is 0 Å². The zero-order valence-electron chi connectivity index (χ0n) is 19.1. The summed E-state index contributed by atoms with van der Waals surface area (Å²) in [6.07, 6.45) is 8.11. The lowest BCUT2D eigenvalue weighted by Crippen LogP contribution is -2.29. The molecule has 1 amide bonds. The predicted molar refractivity (Wildman–Crippen MR) is 139 cm³/mol. The van der Waals surface area contributed by atoms with Gasteiger partial charge in [-0.25, -0.2) is 4.98 Å². The summed E-state index contributed by atoms with van der Waals surface area (Å²) in [5, 5.41) is 9.14. The van der Waals surface area contributed by atoms with E-state index >= 15 is 0 Å². The molecular weight excluding hydrogens is 448 g/mol. The second-order valence-corrected chi connectivity index (χ2v) is 9.33. The molecule has 1 fully saturated rings. The summed E-state index contributed by atoms with van der Waals surface area (Å²) < 4.78 is 12.3. The van der Waals surface area contributed by atoms with Gasteiger partial charge in [-0.1, -0.05) is 12.6 Å². The van der Waals surface area contributed by atoms with Crippen molar-refractivity contribution in [3.05, 3.63) is 67.4 Å². The Bertz CT molecular complexity index is 1190. The maximum absolute atomic E-state index is 12.3. The Labute approximate surface area is 202 Å². The van der Waals surface area contributed by atoms with Crippen molar-refractivity contribution in [1.29, 1.82) is 0 Å². The number of anilines is 6. The fourth-order valence-electron chi connectivity index (χ4n) is 3.77. The van der Waals surface area contributed by atoms with Gasteiger partial charge < -0.3 is 20.9 Å². The largest absolute Gasteiger partial charge is 0.372 e. The highest BCUT2D eigenvalue weighted by Gasteiger charge is 2.13. The fraction of sp³-hybridized carbons (Fsp3) is 0.240. The second kappa shape index (κ2) is 10.9.